The molecule has 0 saturated carbocycles. The van der Waals surface area contributed by atoms with Crippen LogP contribution < -0.4 is 10.6 Å². The first-order valence-corrected chi connectivity index (χ1v) is 7.64. The molecule has 0 radical (unpaired) electrons. The van der Waals surface area contributed by atoms with Gasteiger partial charge in [-0.1, -0.05) is 42.0 Å². The molecule has 1 atom stereocenters. The molecule has 0 aliphatic carbocycles. The molecule has 2 amide bonds. The molecular weight excluding hydrogens is 272 g/mol. The van der Waals surface area contributed by atoms with Crippen molar-refractivity contribution in [2.45, 2.75) is 40.2 Å². The molecule has 3 heteroatoms. The summed E-state index contributed by atoms with van der Waals surface area (Å²) in [6.45, 7) is 8.10. The quantitative estimate of drug-likeness (QED) is 0.864. The zero-order chi connectivity index (χ0) is 16.1. The van der Waals surface area contributed by atoms with Crippen molar-refractivity contribution in [2.24, 2.45) is 0 Å². The third kappa shape index (κ3) is 4.62. The highest BCUT2D eigenvalue weighted by molar-refractivity contribution is 5.90. The Morgan fingerprint density at radius 3 is 2.32 bits per heavy atom. The highest BCUT2D eigenvalue weighted by Gasteiger charge is 2.09. The molecule has 2 rings (SSSR count). The Bertz CT molecular complexity index is 647. The molecule has 2 N–H and O–H groups in total. The zero-order valence-electron chi connectivity index (χ0n) is 13.7. The molecule has 1 unspecified atom stereocenters. The first-order chi connectivity index (χ1) is 10.4. The lowest BCUT2D eigenvalue weighted by molar-refractivity contribution is 0.249. The van der Waals surface area contributed by atoms with Crippen LogP contribution in [0.1, 0.15) is 29.2 Å². The molecule has 0 bridgehead atoms. The number of hydrogen-bond acceptors (Lipinski definition) is 1. The van der Waals surface area contributed by atoms with Crippen molar-refractivity contribution >= 4 is 11.7 Å². The van der Waals surface area contributed by atoms with Crippen LogP contribution in [0, 0.1) is 20.8 Å². The van der Waals surface area contributed by atoms with Gasteiger partial charge in [0.2, 0.25) is 0 Å². The largest absolute Gasteiger partial charge is 0.335 e. The third-order valence-corrected chi connectivity index (χ3v) is 3.68. The van der Waals surface area contributed by atoms with Gasteiger partial charge < -0.3 is 10.6 Å². The van der Waals surface area contributed by atoms with Gasteiger partial charge in [0.05, 0.1) is 0 Å². The van der Waals surface area contributed by atoms with Gasteiger partial charge in [-0.15, -0.1) is 0 Å². The van der Waals surface area contributed by atoms with E-state index in [0.29, 0.717) is 0 Å². The maximum Gasteiger partial charge on any atom is 0.319 e. The van der Waals surface area contributed by atoms with Crippen LogP contribution in [0.2, 0.25) is 0 Å². The number of aryl methyl sites for hydroxylation is 3. The predicted octanol–water partition coefficient (Wildman–Crippen LogP) is 4.36. The monoisotopic (exact) mass is 296 g/mol. The second-order valence-electron chi connectivity index (χ2n) is 6.01. The van der Waals surface area contributed by atoms with Gasteiger partial charge in [-0.05, 0) is 56.9 Å². The zero-order valence-corrected chi connectivity index (χ0v) is 13.7. The molecule has 0 saturated heterocycles. The molecule has 22 heavy (non-hydrogen) atoms. The second kappa shape index (κ2) is 7.12. The maximum absolute atomic E-state index is 12.1. The van der Waals surface area contributed by atoms with Crippen molar-refractivity contribution in [3.8, 4) is 0 Å². The number of hydrogen-bond donors (Lipinski definition) is 2. The van der Waals surface area contributed by atoms with Crippen LogP contribution in [0.5, 0.6) is 0 Å². The van der Waals surface area contributed by atoms with E-state index >= 15 is 0 Å². The number of carbonyl (C=O) groups is 1. The molecule has 3 nitrogen and oxygen atoms in total. The number of carbonyl (C=O) groups excluding carboxylic acids is 1. The van der Waals surface area contributed by atoms with Crippen LogP contribution in [0.4, 0.5) is 10.5 Å². The summed E-state index contributed by atoms with van der Waals surface area (Å²) in [7, 11) is 0. The van der Waals surface area contributed by atoms with Crippen molar-refractivity contribution in [2.75, 3.05) is 5.32 Å². The molecule has 2 aromatic rings. The lowest BCUT2D eigenvalue weighted by atomic mass is 10.1. The van der Waals surface area contributed by atoms with Gasteiger partial charge in [0.1, 0.15) is 0 Å². The van der Waals surface area contributed by atoms with E-state index in [1.165, 1.54) is 11.1 Å². The van der Waals surface area contributed by atoms with E-state index < -0.39 is 0 Å². The van der Waals surface area contributed by atoms with Crippen LogP contribution in [0.25, 0.3) is 0 Å². The van der Waals surface area contributed by atoms with E-state index in [0.717, 1.165) is 23.2 Å². The highest BCUT2D eigenvalue weighted by Crippen LogP contribution is 2.16. The summed E-state index contributed by atoms with van der Waals surface area (Å²) < 4.78 is 0. The van der Waals surface area contributed by atoms with E-state index in [9.17, 15) is 4.79 Å². The summed E-state index contributed by atoms with van der Waals surface area (Å²) in [6, 6.07) is 14.4. The van der Waals surface area contributed by atoms with Crippen molar-refractivity contribution in [1.82, 2.24) is 5.32 Å². The average molecular weight is 296 g/mol. The Hall–Kier alpha value is -2.29. The summed E-state index contributed by atoms with van der Waals surface area (Å²) in [6.07, 6.45) is 0.820. The fourth-order valence-electron chi connectivity index (χ4n) is 2.38. The Labute approximate surface area is 132 Å². The molecule has 116 valence electrons. The predicted molar refractivity (Wildman–Crippen MR) is 92.4 cm³/mol. The van der Waals surface area contributed by atoms with Crippen LogP contribution in [0.3, 0.4) is 0 Å². The molecule has 0 aliphatic heterocycles. The number of anilines is 1. The summed E-state index contributed by atoms with van der Waals surface area (Å²) in [5.41, 5.74) is 5.53. The van der Waals surface area contributed by atoms with Crippen LogP contribution in [0.15, 0.2) is 42.5 Å². The molecule has 0 spiro atoms. The van der Waals surface area contributed by atoms with Crippen LogP contribution >= 0.6 is 0 Å². The van der Waals surface area contributed by atoms with Crippen LogP contribution in [-0.4, -0.2) is 12.1 Å². The van der Waals surface area contributed by atoms with Gasteiger partial charge in [0.15, 0.2) is 0 Å². The van der Waals surface area contributed by atoms with Crippen molar-refractivity contribution in [1.29, 1.82) is 0 Å². The molecule has 2 aromatic carbocycles. The van der Waals surface area contributed by atoms with Crippen molar-refractivity contribution in [3.05, 3.63) is 64.7 Å². The molecule has 0 aromatic heterocycles. The summed E-state index contributed by atoms with van der Waals surface area (Å²) >= 11 is 0. The SMILES string of the molecule is Cc1ccc(CC(C)NC(=O)Nc2cc(C)ccc2C)cc1. The smallest absolute Gasteiger partial charge is 0.319 e. The Morgan fingerprint density at radius 2 is 1.64 bits per heavy atom. The molecule has 0 heterocycles. The van der Waals surface area contributed by atoms with Gasteiger partial charge in [-0.25, -0.2) is 4.79 Å². The van der Waals surface area contributed by atoms with E-state index in [1.54, 1.807) is 0 Å². The Kier molecular flexibility index (Phi) is 5.21. The Balaban J connectivity index is 1.91. The second-order valence-corrected chi connectivity index (χ2v) is 6.01. The minimum absolute atomic E-state index is 0.0767. The molecule has 0 aliphatic rings. The van der Waals surface area contributed by atoms with E-state index in [-0.39, 0.29) is 12.1 Å². The van der Waals surface area contributed by atoms with Crippen molar-refractivity contribution < 1.29 is 4.79 Å². The van der Waals surface area contributed by atoms with Gasteiger partial charge in [-0.2, -0.15) is 0 Å². The molecular formula is C19H24N2O. The van der Waals surface area contributed by atoms with Crippen LogP contribution in [-0.2, 0) is 6.42 Å². The van der Waals surface area contributed by atoms with E-state index in [4.69, 9.17) is 0 Å². The first-order valence-electron chi connectivity index (χ1n) is 7.64. The maximum atomic E-state index is 12.1. The highest BCUT2D eigenvalue weighted by atomic mass is 16.2. The lowest BCUT2D eigenvalue weighted by Crippen LogP contribution is -2.37. The minimum atomic E-state index is -0.159. The van der Waals surface area contributed by atoms with Gasteiger partial charge in [-0.3, -0.25) is 0 Å². The fraction of sp³-hybridized carbons (Fsp3) is 0.316. The summed E-state index contributed by atoms with van der Waals surface area (Å²) in [4.78, 5) is 12.1. The number of urea groups is 1. The first kappa shape index (κ1) is 16.1. The third-order valence-electron chi connectivity index (χ3n) is 3.68. The molecule has 0 fully saturated rings. The lowest BCUT2D eigenvalue weighted by Gasteiger charge is -2.16. The van der Waals surface area contributed by atoms with Gasteiger partial charge in [0, 0.05) is 11.7 Å². The number of rotatable bonds is 4. The standard InChI is InChI=1S/C19H24N2O/c1-13-6-9-17(10-7-13)12-16(4)20-19(22)21-18-11-14(2)5-8-15(18)3/h5-11,16H,12H2,1-4H3,(H2,20,21,22). The summed E-state index contributed by atoms with van der Waals surface area (Å²) in [5, 5.41) is 5.91. The number of amides is 2. The van der Waals surface area contributed by atoms with Crippen molar-refractivity contribution in [3.63, 3.8) is 0 Å². The van der Waals surface area contributed by atoms with Gasteiger partial charge in [0.25, 0.3) is 0 Å². The Morgan fingerprint density at radius 1 is 1.00 bits per heavy atom. The minimum Gasteiger partial charge on any atom is -0.335 e. The number of benzene rings is 2. The van der Waals surface area contributed by atoms with E-state index in [1.807, 2.05) is 39.0 Å². The van der Waals surface area contributed by atoms with E-state index in [2.05, 4.69) is 41.8 Å². The summed E-state index contributed by atoms with van der Waals surface area (Å²) in [5.74, 6) is 0. The average Bonchev–Trinajstić information content (AvgIpc) is 2.45. The topological polar surface area (TPSA) is 41.1 Å². The normalized spacial score (nSPS) is 11.8. The fourth-order valence-corrected chi connectivity index (χ4v) is 2.38. The van der Waals surface area contributed by atoms with Gasteiger partial charge >= 0.3 is 6.03 Å². The number of nitrogens with one attached hydrogen (secondary N) is 2.